The molecular formula is C28H30ClF3N6O6. The Morgan fingerprint density at radius 3 is 2.32 bits per heavy atom. The fourth-order valence-electron chi connectivity index (χ4n) is 4.42. The van der Waals surface area contributed by atoms with E-state index in [9.17, 15) is 27.6 Å². The molecule has 12 nitrogen and oxygen atoms in total. The summed E-state index contributed by atoms with van der Waals surface area (Å²) in [5.41, 5.74) is 0.428. The Morgan fingerprint density at radius 1 is 1.09 bits per heavy atom. The van der Waals surface area contributed by atoms with Gasteiger partial charge in [0.15, 0.2) is 17.4 Å². The van der Waals surface area contributed by atoms with E-state index in [-0.39, 0.29) is 51.6 Å². The number of rotatable bonds is 8. The van der Waals surface area contributed by atoms with Crippen LogP contribution in [0.4, 0.5) is 18.9 Å². The van der Waals surface area contributed by atoms with Crippen LogP contribution in [0.15, 0.2) is 36.5 Å². The molecule has 1 aromatic heterocycles. The maximum Gasteiger partial charge on any atom is 0.291 e. The molecule has 1 aliphatic heterocycles. The Morgan fingerprint density at radius 2 is 1.73 bits per heavy atom. The molecule has 3 amide bonds. The van der Waals surface area contributed by atoms with Crippen LogP contribution in [0.3, 0.4) is 0 Å². The maximum absolute atomic E-state index is 14.6. The SMILES string of the molecule is CN(C)CC(=O)N1CCN(C(=O)c2ccc(NC(=O)c3ncc(-c4ccc(OCF)c(F)c4F)n3C)cc2Cl)CC1.O=CO. The van der Waals surface area contributed by atoms with Crippen LogP contribution in [0.5, 0.6) is 5.75 Å². The summed E-state index contributed by atoms with van der Waals surface area (Å²) in [6, 6.07) is 6.70. The van der Waals surface area contributed by atoms with Crippen molar-refractivity contribution in [2.24, 2.45) is 7.05 Å². The average molecular weight is 639 g/mol. The minimum absolute atomic E-state index is 0.00144. The van der Waals surface area contributed by atoms with E-state index in [0.29, 0.717) is 32.7 Å². The molecule has 1 aliphatic rings. The third-order valence-electron chi connectivity index (χ3n) is 6.55. The van der Waals surface area contributed by atoms with Gasteiger partial charge in [-0.05, 0) is 44.4 Å². The first-order valence-electron chi connectivity index (χ1n) is 13.0. The number of ether oxygens (including phenoxy) is 1. The first-order valence-corrected chi connectivity index (χ1v) is 13.4. The summed E-state index contributed by atoms with van der Waals surface area (Å²) in [6.45, 7) is 0.298. The summed E-state index contributed by atoms with van der Waals surface area (Å²) in [5.74, 6) is -4.29. The van der Waals surface area contributed by atoms with Crippen molar-refractivity contribution in [3.8, 4) is 17.0 Å². The lowest BCUT2D eigenvalue weighted by Gasteiger charge is -2.35. The largest absolute Gasteiger partial charge is 0.483 e. The van der Waals surface area contributed by atoms with E-state index in [1.165, 1.54) is 42.1 Å². The fourth-order valence-corrected chi connectivity index (χ4v) is 4.69. The lowest BCUT2D eigenvalue weighted by molar-refractivity contribution is -0.133. The summed E-state index contributed by atoms with van der Waals surface area (Å²) in [6.07, 6.45) is 1.20. The zero-order chi connectivity index (χ0) is 32.6. The van der Waals surface area contributed by atoms with Crippen LogP contribution >= 0.6 is 11.6 Å². The van der Waals surface area contributed by atoms with E-state index in [0.717, 1.165) is 6.07 Å². The standard InChI is InChI=1S/C27H28ClF3N6O4.CH2O2/c1-34(2)14-22(38)36-8-10-37(11-9-36)27(40)17-5-4-16(12-19(17)28)33-26(39)25-32-13-20(35(25)3)18-6-7-21(41-15-29)24(31)23(18)30;2-1-3/h4-7,12-13H,8-11,14-15H2,1-3H3,(H,33,39);1H,(H,2,3). The summed E-state index contributed by atoms with van der Waals surface area (Å²) in [7, 11) is 5.08. The Labute approximate surface area is 255 Å². The van der Waals surface area contributed by atoms with Gasteiger partial charge in [-0.1, -0.05) is 11.6 Å². The molecule has 0 bridgehead atoms. The normalized spacial score (nSPS) is 12.8. The number of imidazole rings is 1. The maximum atomic E-state index is 14.6. The van der Waals surface area contributed by atoms with Gasteiger partial charge < -0.3 is 34.4 Å². The van der Waals surface area contributed by atoms with Gasteiger partial charge in [0, 0.05) is 44.5 Å². The molecule has 0 unspecified atom stereocenters. The van der Waals surface area contributed by atoms with Gasteiger partial charge >= 0.3 is 0 Å². The lowest BCUT2D eigenvalue weighted by Crippen LogP contribution is -2.52. The van der Waals surface area contributed by atoms with Gasteiger partial charge in [-0.15, -0.1) is 0 Å². The number of carbonyl (C=O) groups excluding carboxylic acids is 3. The highest BCUT2D eigenvalue weighted by Gasteiger charge is 2.27. The monoisotopic (exact) mass is 638 g/mol. The van der Waals surface area contributed by atoms with Gasteiger partial charge in [0.2, 0.25) is 18.6 Å². The van der Waals surface area contributed by atoms with Crippen LogP contribution in [0.2, 0.25) is 5.02 Å². The van der Waals surface area contributed by atoms with Gasteiger partial charge in [-0.3, -0.25) is 19.2 Å². The van der Waals surface area contributed by atoms with Crippen molar-refractivity contribution in [2.45, 2.75) is 0 Å². The van der Waals surface area contributed by atoms with Crippen molar-refractivity contribution in [2.75, 3.05) is 59.0 Å². The number of hydrogen-bond acceptors (Lipinski definition) is 7. The number of halogens is 4. The third-order valence-corrected chi connectivity index (χ3v) is 6.87. The molecule has 0 atom stereocenters. The van der Waals surface area contributed by atoms with Crippen molar-refractivity contribution < 1.29 is 42.2 Å². The Hall–Kier alpha value is -4.63. The predicted molar refractivity (Wildman–Crippen MR) is 154 cm³/mol. The number of nitrogens with one attached hydrogen (secondary N) is 1. The van der Waals surface area contributed by atoms with Crippen molar-refractivity contribution in [3.05, 3.63) is 64.6 Å². The second kappa shape index (κ2) is 15.2. The Balaban J connectivity index is 0.00000169. The van der Waals surface area contributed by atoms with Crippen LogP contribution in [-0.4, -0.2) is 107 Å². The van der Waals surface area contributed by atoms with E-state index in [2.05, 4.69) is 15.0 Å². The van der Waals surface area contributed by atoms with Crippen molar-refractivity contribution in [3.63, 3.8) is 0 Å². The molecule has 2 heterocycles. The molecule has 2 aromatic carbocycles. The van der Waals surface area contributed by atoms with Crippen LogP contribution in [-0.2, 0) is 16.6 Å². The van der Waals surface area contributed by atoms with Gasteiger partial charge in [0.05, 0.1) is 29.0 Å². The number of carboxylic acid groups (broad SMARTS) is 1. The number of benzene rings is 2. The van der Waals surface area contributed by atoms with Gasteiger partial charge in [-0.25, -0.2) is 13.8 Å². The van der Waals surface area contributed by atoms with Crippen LogP contribution in [0.25, 0.3) is 11.3 Å². The molecule has 236 valence electrons. The number of nitrogens with zero attached hydrogens (tertiary/aromatic N) is 5. The summed E-state index contributed by atoms with van der Waals surface area (Å²) < 4.78 is 46.9. The fraction of sp³-hybridized carbons (Fsp3) is 0.321. The van der Waals surface area contributed by atoms with Crippen LogP contribution < -0.4 is 10.1 Å². The minimum Gasteiger partial charge on any atom is -0.483 e. The number of carbonyl (C=O) groups is 4. The number of alkyl halides is 1. The summed E-state index contributed by atoms with van der Waals surface area (Å²) in [5, 5.41) is 9.63. The third kappa shape index (κ3) is 7.85. The topological polar surface area (TPSA) is 137 Å². The van der Waals surface area contributed by atoms with Crippen molar-refractivity contribution in [1.82, 2.24) is 24.3 Å². The molecule has 4 rings (SSSR count). The summed E-state index contributed by atoms with van der Waals surface area (Å²) >= 11 is 6.39. The number of likely N-dealkylation sites (N-methyl/N-ethyl adjacent to an activating group) is 1. The zero-order valence-corrected chi connectivity index (χ0v) is 24.8. The molecule has 44 heavy (non-hydrogen) atoms. The smallest absolute Gasteiger partial charge is 0.291 e. The van der Waals surface area contributed by atoms with Crippen molar-refractivity contribution in [1.29, 1.82) is 0 Å². The van der Waals surface area contributed by atoms with E-state index in [1.54, 1.807) is 14.7 Å². The zero-order valence-electron chi connectivity index (χ0n) is 24.0. The lowest BCUT2D eigenvalue weighted by atomic mass is 10.1. The van der Waals surface area contributed by atoms with E-state index < -0.39 is 30.2 Å². The second-order valence-electron chi connectivity index (χ2n) is 9.68. The van der Waals surface area contributed by atoms with Crippen molar-refractivity contribution >= 4 is 41.5 Å². The highest BCUT2D eigenvalue weighted by atomic mass is 35.5. The minimum atomic E-state index is -1.36. The number of piperazine rings is 1. The molecular weight excluding hydrogens is 609 g/mol. The molecule has 16 heteroatoms. The van der Waals surface area contributed by atoms with Gasteiger partial charge in [0.1, 0.15) is 0 Å². The van der Waals surface area contributed by atoms with Crippen LogP contribution in [0, 0.1) is 11.6 Å². The molecule has 3 aromatic rings. The highest BCUT2D eigenvalue weighted by Crippen LogP contribution is 2.30. The van der Waals surface area contributed by atoms with E-state index in [1.807, 2.05) is 14.1 Å². The number of amides is 3. The van der Waals surface area contributed by atoms with Gasteiger partial charge in [0.25, 0.3) is 18.3 Å². The first-order chi connectivity index (χ1) is 20.9. The Bertz CT molecular complexity index is 1530. The number of aromatic nitrogens is 2. The number of anilines is 1. The molecule has 0 spiro atoms. The second-order valence-corrected chi connectivity index (χ2v) is 10.1. The number of hydrogen-bond donors (Lipinski definition) is 2. The van der Waals surface area contributed by atoms with E-state index in [4.69, 9.17) is 21.5 Å². The predicted octanol–water partition coefficient (Wildman–Crippen LogP) is 3.12. The Kier molecular flexibility index (Phi) is 11.7. The first kappa shape index (κ1) is 33.9. The van der Waals surface area contributed by atoms with Crippen LogP contribution in [0.1, 0.15) is 21.0 Å². The average Bonchev–Trinajstić information content (AvgIpc) is 3.36. The molecule has 0 aliphatic carbocycles. The molecule has 0 radical (unpaired) electrons. The van der Waals surface area contributed by atoms with E-state index >= 15 is 0 Å². The quantitative estimate of drug-likeness (QED) is 0.359. The molecule has 2 N–H and O–H groups in total. The molecule has 1 fully saturated rings. The summed E-state index contributed by atoms with van der Waals surface area (Å²) in [4.78, 5) is 55.8. The molecule has 1 saturated heterocycles. The molecule has 0 saturated carbocycles. The highest BCUT2D eigenvalue weighted by molar-refractivity contribution is 6.34. The van der Waals surface area contributed by atoms with Gasteiger partial charge in [-0.2, -0.15) is 4.39 Å².